The van der Waals surface area contributed by atoms with Gasteiger partial charge < -0.3 is 15.1 Å². The molecule has 0 saturated carbocycles. The maximum absolute atomic E-state index is 4.74. The van der Waals surface area contributed by atoms with Crippen LogP contribution in [0.4, 0.5) is 5.13 Å². The maximum Gasteiger partial charge on any atom is 0.185 e. The lowest BCUT2D eigenvalue weighted by Crippen LogP contribution is -2.44. The van der Waals surface area contributed by atoms with Gasteiger partial charge in [-0.25, -0.2) is 4.98 Å². The van der Waals surface area contributed by atoms with Crippen LogP contribution in [0.5, 0.6) is 0 Å². The van der Waals surface area contributed by atoms with Gasteiger partial charge in [-0.05, 0) is 26.4 Å². The van der Waals surface area contributed by atoms with Gasteiger partial charge in [-0.15, -0.1) is 11.3 Å². The molecule has 0 amide bonds. The van der Waals surface area contributed by atoms with Crippen molar-refractivity contribution >= 4 is 16.5 Å². The predicted molar refractivity (Wildman–Crippen MR) is 83.1 cm³/mol. The molecule has 1 saturated heterocycles. The van der Waals surface area contributed by atoms with Crippen LogP contribution in [0.3, 0.4) is 0 Å². The van der Waals surface area contributed by atoms with Gasteiger partial charge in [0.2, 0.25) is 0 Å². The second-order valence-corrected chi connectivity index (χ2v) is 6.88. The molecule has 0 spiro atoms. The summed E-state index contributed by atoms with van der Waals surface area (Å²) in [7, 11) is 2.19. The van der Waals surface area contributed by atoms with Crippen molar-refractivity contribution in [2.75, 3.05) is 44.7 Å². The van der Waals surface area contributed by atoms with Crippen LogP contribution in [-0.4, -0.2) is 49.7 Å². The molecule has 0 aromatic carbocycles. The van der Waals surface area contributed by atoms with Crippen LogP contribution in [0, 0.1) is 12.8 Å². The summed E-state index contributed by atoms with van der Waals surface area (Å²) in [5.74, 6) is 0.699. The molecule has 108 valence electrons. The molecule has 1 aromatic heterocycles. The van der Waals surface area contributed by atoms with Gasteiger partial charge in [0.15, 0.2) is 5.13 Å². The molecule has 2 rings (SSSR count). The highest BCUT2D eigenvalue weighted by Crippen LogP contribution is 2.26. The third kappa shape index (κ3) is 4.16. The van der Waals surface area contributed by atoms with Crippen molar-refractivity contribution in [2.24, 2.45) is 5.92 Å². The Kier molecular flexibility index (Phi) is 5.19. The number of aryl methyl sites for hydroxylation is 1. The number of nitrogens with zero attached hydrogens (tertiary/aromatic N) is 3. The summed E-state index contributed by atoms with van der Waals surface area (Å²) in [4.78, 5) is 10.9. The molecule has 0 atom stereocenters. The largest absolute Gasteiger partial charge is 0.346 e. The topological polar surface area (TPSA) is 31.4 Å². The molecule has 1 N–H and O–H groups in total. The number of hydrogen-bond acceptors (Lipinski definition) is 5. The van der Waals surface area contributed by atoms with Gasteiger partial charge in [-0.2, -0.15) is 0 Å². The lowest BCUT2D eigenvalue weighted by Gasteiger charge is -2.32. The van der Waals surface area contributed by atoms with Crippen molar-refractivity contribution in [2.45, 2.75) is 27.3 Å². The standard InChI is InChI=1S/C14H26N4S/c1-11(2)9-15-10-13-12(3)16-14(19-13)18-7-5-17(4)6-8-18/h11,15H,5-10H2,1-4H3. The number of rotatable bonds is 5. The van der Waals surface area contributed by atoms with Crippen LogP contribution in [0.2, 0.25) is 0 Å². The summed E-state index contributed by atoms with van der Waals surface area (Å²) < 4.78 is 0. The zero-order valence-electron chi connectivity index (χ0n) is 12.6. The lowest BCUT2D eigenvalue weighted by atomic mass is 10.2. The Labute approximate surface area is 120 Å². The quantitative estimate of drug-likeness (QED) is 0.894. The highest BCUT2D eigenvalue weighted by atomic mass is 32.1. The van der Waals surface area contributed by atoms with Crippen LogP contribution in [0.25, 0.3) is 0 Å². The first-order chi connectivity index (χ1) is 9.06. The fourth-order valence-electron chi connectivity index (χ4n) is 2.18. The smallest absolute Gasteiger partial charge is 0.185 e. The predicted octanol–water partition coefficient (Wildman–Crippen LogP) is 1.95. The molecular formula is C14H26N4S. The van der Waals surface area contributed by atoms with Crippen molar-refractivity contribution in [3.05, 3.63) is 10.6 Å². The minimum Gasteiger partial charge on any atom is -0.346 e. The number of thiazole rings is 1. The van der Waals surface area contributed by atoms with E-state index in [0.29, 0.717) is 5.92 Å². The molecule has 1 aliphatic heterocycles. The molecule has 1 aliphatic rings. The van der Waals surface area contributed by atoms with Crippen LogP contribution in [0.15, 0.2) is 0 Å². The van der Waals surface area contributed by atoms with E-state index in [9.17, 15) is 0 Å². The average Bonchev–Trinajstić information content (AvgIpc) is 2.71. The van der Waals surface area contributed by atoms with E-state index in [1.807, 2.05) is 11.3 Å². The Hall–Kier alpha value is -0.650. The minimum atomic E-state index is 0.699. The monoisotopic (exact) mass is 282 g/mol. The van der Waals surface area contributed by atoms with E-state index in [1.54, 1.807) is 0 Å². The van der Waals surface area contributed by atoms with Crippen molar-refractivity contribution in [3.8, 4) is 0 Å². The SMILES string of the molecule is Cc1nc(N2CCN(C)CC2)sc1CNCC(C)C. The third-order valence-electron chi connectivity index (χ3n) is 3.49. The van der Waals surface area contributed by atoms with Gasteiger partial charge in [-0.1, -0.05) is 13.8 Å². The van der Waals surface area contributed by atoms with Gasteiger partial charge >= 0.3 is 0 Å². The van der Waals surface area contributed by atoms with Crippen molar-refractivity contribution < 1.29 is 0 Å². The van der Waals surface area contributed by atoms with E-state index in [2.05, 4.69) is 42.9 Å². The zero-order valence-corrected chi connectivity index (χ0v) is 13.4. The molecule has 0 bridgehead atoms. The summed E-state index contributed by atoms with van der Waals surface area (Å²) in [6.45, 7) is 13.1. The first-order valence-corrected chi connectivity index (χ1v) is 7.98. The van der Waals surface area contributed by atoms with E-state index in [1.165, 1.54) is 15.7 Å². The Bertz CT molecular complexity index is 394. The first-order valence-electron chi connectivity index (χ1n) is 7.16. The lowest BCUT2D eigenvalue weighted by molar-refractivity contribution is 0.312. The molecule has 4 nitrogen and oxygen atoms in total. The molecule has 0 radical (unpaired) electrons. The molecule has 0 aliphatic carbocycles. The molecule has 2 heterocycles. The maximum atomic E-state index is 4.74. The van der Waals surface area contributed by atoms with Gasteiger partial charge in [0.1, 0.15) is 0 Å². The first kappa shape index (κ1) is 14.8. The number of piperazine rings is 1. The van der Waals surface area contributed by atoms with Crippen LogP contribution >= 0.6 is 11.3 Å². The van der Waals surface area contributed by atoms with Gasteiger partial charge in [-0.3, -0.25) is 0 Å². The van der Waals surface area contributed by atoms with Crippen molar-refractivity contribution in [3.63, 3.8) is 0 Å². The van der Waals surface area contributed by atoms with E-state index in [0.717, 1.165) is 39.3 Å². The second-order valence-electron chi connectivity index (χ2n) is 5.82. The number of anilines is 1. The van der Waals surface area contributed by atoms with Crippen LogP contribution in [-0.2, 0) is 6.54 Å². The summed E-state index contributed by atoms with van der Waals surface area (Å²) in [5, 5.41) is 4.71. The van der Waals surface area contributed by atoms with Gasteiger partial charge in [0, 0.05) is 37.6 Å². The van der Waals surface area contributed by atoms with E-state index >= 15 is 0 Å². The number of hydrogen-bond donors (Lipinski definition) is 1. The fourth-order valence-corrected chi connectivity index (χ4v) is 3.27. The fraction of sp³-hybridized carbons (Fsp3) is 0.786. The summed E-state index contributed by atoms with van der Waals surface area (Å²) in [5.41, 5.74) is 1.19. The average molecular weight is 282 g/mol. The van der Waals surface area contributed by atoms with E-state index in [4.69, 9.17) is 4.98 Å². The normalized spacial score (nSPS) is 17.4. The number of nitrogens with one attached hydrogen (secondary N) is 1. The molecule has 5 heteroatoms. The number of likely N-dealkylation sites (N-methyl/N-ethyl adjacent to an activating group) is 1. The zero-order chi connectivity index (χ0) is 13.8. The highest BCUT2D eigenvalue weighted by molar-refractivity contribution is 7.15. The van der Waals surface area contributed by atoms with E-state index < -0.39 is 0 Å². The van der Waals surface area contributed by atoms with Crippen LogP contribution < -0.4 is 10.2 Å². The van der Waals surface area contributed by atoms with E-state index in [-0.39, 0.29) is 0 Å². The summed E-state index contributed by atoms with van der Waals surface area (Å²) in [6.07, 6.45) is 0. The Morgan fingerprint density at radius 1 is 1.26 bits per heavy atom. The number of aromatic nitrogens is 1. The molecular weight excluding hydrogens is 256 g/mol. The Morgan fingerprint density at radius 2 is 1.95 bits per heavy atom. The van der Waals surface area contributed by atoms with Crippen molar-refractivity contribution in [1.82, 2.24) is 15.2 Å². The highest BCUT2D eigenvalue weighted by Gasteiger charge is 2.18. The molecule has 1 fully saturated rings. The summed E-state index contributed by atoms with van der Waals surface area (Å²) >= 11 is 1.85. The molecule has 19 heavy (non-hydrogen) atoms. The van der Waals surface area contributed by atoms with Gasteiger partial charge in [0.25, 0.3) is 0 Å². The van der Waals surface area contributed by atoms with Crippen molar-refractivity contribution in [1.29, 1.82) is 0 Å². The second kappa shape index (κ2) is 6.68. The van der Waals surface area contributed by atoms with Crippen LogP contribution in [0.1, 0.15) is 24.4 Å². The van der Waals surface area contributed by atoms with Gasteiger partial charge in [0.05, 0.1) is 5.69 Å². The summed E-state index contributed by atoms with van der Waals surface area (Å²) in [6, 6.07) is 0. The molecule has 0 unspecified atom stereocenters. The molecule has 1 aromatic rings. The Balaban J connectivity index is 1.92. The third-order valence-corrected chi connectivity index (χ3v) is 4.71. The Morgan fingerprint density at radius 3 is 2.58 bits per heavy atom. The minimum absolute atomic E-state index is 0.699.